The topological polar surface area (TPSA) is 101 Å². The van der Waals surface area contributed by atoms with Gasteiger partial charge >= 0.3 is 0 Å². The number of benzene rings is 1. The maximum atomic E-state index is 12.2. The number of thiophene rings is 1. The molecule has 26 heavy (non-hydrogen) atoms. The molecule has 0 spiro atoms. The first-order valence-electron chi connectivity index (χ1n) is 7.50. The van der Waals surface area contributed by atoms with E-state index in [1.807, 2.05) is 6.92 Å². The number of carbonyl (C=O) groups is 1. The molecule has 0 saturated carbocycles. The Hall–Kier alpha value is -2.91. The maximum absolute atomic E-state index is 12.2. The van der Waals surface area contributed by atoms with Gasteiger partial charge in [0, 0.05) is 11.3 Å². The van der Waals surface area contributed by atoms with Gasteiger partial charge in [-0.15, -0.1) is 11.3 Å². The summed E-state index contributed by atoms with van der Waals surface area (Å²) in [6.45, 7) is 1.81. The van der Waals surface area contributed by atoms with Crippen molar-refractivity contribution in [3.8, 4) is 0 Å². The number of sulfonamides is 1. The Morgan fingerprint density at radius 3 is 2.54 bits per heavy atom. The summed E-state index contributed by atoms with van der Waals surface area (Å²) >= 11 is 1.13. The second kappa shape index (κ2) is 7.54. The van der Waals surface area contributed by atoms with Crippen molar-refractivity contribution in [2.75, 3.05) is 4.72 Å². The van der Waals surface area contributed by atoms with Gasteiger partial charge < -0.3 is 4.42 Å². The third kappa shape index (κ3) is 4.38. The number of anilines is 1. The molecule has 9 heteroatoms. The summed E-state index contributed by atoms with van der Waals surface area (Å²) in [4.78, 5) is 12.0. The van der Waals surface area contributed by atoms with Gasteiger partial charge in [-0.2, -0.15) is 5.10 Å². The van der Waals surface area contributed by atoms with Crippen LogP contribution in [0.2, 0.25) is 0 Å². The Labute approximate surface area is 154 Å². The van der Waals surface area contributed by atoms with Crippen LogP contribution < -0.4 is 10.1 Å². The summed E-state index contributed by atoms with van der Waals surface area (Å²) in [7, 11) is -3.61. The van der Waals surface area contributed by atoms with E-state index >= 15 is 0 Å². The molecular formula is C17H15N3O4S2. The zero-order valence-corrected chi connectivity index (χ0v) is 15.3. The molecule has 3 aromatic rings. The molecular weight excluding hydrogens is 374 g/mol. The molecule has 1 aromatic carbocycles. The number of rotatable bonds is 6. The number of carbonyl (C=O) groups excluding carboxylic acids is 1. The summed E-state index contributed by atoms with van der Waals surface area (Å²) in [6.07, 6.45) is 1.40. The number of nitrogens with zero attached hydrogens (tertiary/aromatic N) is 1. The minimum Gasteiger partial charge on any atom is -0.460 e. The first-order valence-corrected chi connectivity index (χ1v) is 9.86. The minimum atomic E-state index is -3.61. The van der Waals surface area contributed by atoms with Crippen molar-refractivity contribution < 1.29 is 17.6 Å². The molecule has 0 aliphatic rings. The lowest BCUT2D eigenvalue weighted by Gasteiger charge is -2.07. The predicted molar refractivity (Wildman–Crippen MR) is 100 cm³/mol. The van der Waals surface area contributed by atoms with E-state index in [1.54, 1.807) is 23.6 Å². The second-order valence-corrected chi connectivity index (χ2v) is 8.12. The molecule has 0 aliphatic carbocycles. The summed E-state index contributed by atoms with van der Waals surface area (Å²) in [5, 5.41) is 5.51. The first-order chi connectivity index (χ1) is 12.4. The van der Waals surface area contributed by atoms with E-state index in [0.717, 1.165) is 17.1 Å². The number of hydrogen-bond acceptors (Lipinski definition) is 6. The molecule has 0 unspecified atom stereocenters. The number of hydrazone groups is 1. The van der Waals surface area contributed by atoms with Crippen molar-refractivity contribution in [2.24, 2.45) is 5.10 Å². The molecule has 0 aliphatic heterocycles. The highest BCUT2D eigenvalue weighted by Crippen LogP contribution is 2.20. The van der Waals surface area contributed by atoms with Crippen LogP contribution in [0.4, 0.5) is 5.69 Å². The third-order valence-electron chi connectivity index (χ3n) is 3.28. The van der Waals surface area contributed by atoms with Crippen LogP contribution in [0.15, 0.2) is 67.6 Å². The van der Waals surface area contributed by atoms with Gasteiger partial charge in [0.25, 0.3) is 15.9 Å². The summed E-state index contributed by atoms with van der Waals surface area (Å²) in [6, 6.07) is 12.8. The van der Waals surface area contributed by atoms with E-state index in [9.17, 15) is 13.2 Å². The van der Waals surface area contributed by atoms with Crippen LogP contribution in [0.3, 0.4) is 0 Å². The monoisotopic (exact) mass is 389 g/mol. The summed E-state index contributed by atoms with van der Waals surface area (Å²) in [5.74, 6) is 0.858. The molecule has 0 atom stereocenters. The number of aryl methyl sites for hydroxylation is 1. The molecule has 0 saturated heterocycles. The zero-order chi connectivity index (χ0) is 18.6. The Bertz CT molecular complexity index is 1020. The second-order valence-electron chi connectivity index (χ2n) is 5.26. The Morgan fingerprint density at radius 1 is 1.15 bits per heavy atom. The number of hydrogen-bond donors (Lipinski definition) is 2. The normalized spacial score (nSPS) is 11.6. The molecule has 2 N–H and O–H groups in total. The number of furan rings is 1. The number of nitrogens with one attached hydrogen (secondary N) is 2. The van der Waals surface area contributed by atoms with E-state index in [0.29, 0.717) is 17.0 Å². The van der Waals surface area contributed by atoms with Crippen LogP contribution in [-0.2, 0) is 10.0 Å². The molecule has 7 nitrogen and oxygen atoms in total. The Kier molecular flexibility index (Phi) is 5.19. The van der Waals surface area contributed by atoms with Crippen molar-refractivity contribution in [3.63, 3.8) is 0 Å². The quantitative estimate of drug-likeness (QED) is 0.499. The molecule has 3 rings (SSSR count). The van der Waals surface area contributed by atoms with E-state index < -0.39 is 15.9 Å². The molecule has 2 aromatic heterocycles. The predicted octanol–water partition coefficient (Wildman–Crippen LogP) is 3.21. The van der Waals surface area contributed by atoms with Gasteiger partial charge in [-0.25, -0.2) is 13.8 Å². The standard InChI is InChI=1S/C17H15N3O4S2/c1-12-4-9-15(24-12)11-18-19-17(21)13-5-7-14(8-6-13)20-26(22,23)16-3-2-10-25-16/h2-11,20H,1H3,(H,19,21). The highest BCUT2D eigenvalue weighted by molar-refractivity contribution is 7.94. The lowest BCUT2D eigenvalue weighted by atomic mass is 10.2. The molecule has 0 bridgehead atoms. The van der Waals surface area contributed by atoms with Crippen LogP contribution in [0.25, 0.3) is 0 Å². The van der Waals surface area contributed by atoms with E-state index in [-0.39, 0.29) is 4.21 Å². The molecule has 2 heterocycles. The Balaban J connectivity index is 1.62. The van der Waals surface area contributed by atoms with E-state index in [4.69, 9.17) is 4.42 Å². The van der Waals surface area contributed by atoms with Crippen LogP contribution in [0.1, 0.15) is 21.9 Å². The van der Waals surface area contributed by atoms with Gasteiger partial charge in [0.05, 0.1) is 6.21 Å². The van der Waals surface area contributed by atoms with E-state index in [2.05, 4.69) is 15.2 Å². The third-order valence-corrected chi connectivity index (χ3v) is 6.06. The van der Waals surface area contributed by atoms with Crippen molar-refractivity contribution in [3.05, 3.63) is 71.0 Å². The Morgan fingerprint density at radius 2 is 1.92 bits per heavy atom. The van der Waals surface area contributed by atoms with Gasteiger partial charge in [-0.1, -0.05) is 6.07 Å². The van der Waals surface area contributed by atoms with Gasteiger partial charge in [-0.05, 0) is 54.8 Å². The minimum absolute atomic E-state index is 0.224. The first kappa shape index (κ1) is 17.9. The summed E-state index contributed by atoms with van der Waals surface area (Å²) < 4.78 is 32.3. The fourth-order valence-corrected chi connectivity index (χ4v) is 4.10. The van der Waals surface area contributed by atoms with Crippen LogP contribution in [-0.4, -0.2) is 20.5 Å². The van der Waals surface area contributed by atoms with Crippen molar-refractivity contribution in [2.45, 2.75) is 11.1 Å². The van der Waals surface area contributed by atoms with Crippen molar-refractivity contribution in [1.82, 2.24) is 5.43 Å². The van der Waals surface area contributed by atoms with Gasteiger partial charge in [0.2, 0.25) is 0 Å². The largest absolute Gasteiger partial charge is 0.460 e. The molecule has 134 valence electrons. The fourth-order valence-electron chi connectivity index (χ4n) is 2.05. The van der Waals surface area contributed by atoms with Gasteiger partial charge in [0.1, 0.15) is 15.7 Å². The smallest absolute Gasteiger partial charge is 0.271 e. The average molecular weight is 389 g/mol. The van der Waals surface area contributed by atoms with Gasteiger partial charge in [0.15, 0.2) is 0 Å². The van der Waals surface area contributed by atoms with Crippen LogP contribution in [0, 0.1) is 6.92 Å². The average Bonchev–Trinajstić information content (AvgIpc) is 3.27. The van der Waals surface area contributed by atoms with Crippen molar-refractivity contribution in [1.29, 1.82) is 0 Å². The fraction of sp³-hybridized carbons (Fsp3) is 0.0588. The lowest BCUT2D eigenvalue weighted by molar-refractivity contribution is 0.0955. The van der Waals surface area contributed by atoms with E-state index in [1.165, 1.54) is 36.5 Å². The maximum Gasteiger partial charge on any atom is 0.271 e. The van der Waals surface area contributed by atoms with Crippen LogP contribution >= 0.6 is 11.3 Å². The zero-order valence-electron chi connectivity index (χ0n) is 13.7. The van der Waals surface area contributed by atoms with Crippen LogP contribution in [0.5, 0.6) is 0 Å². The van der Waals surface area contributed by atoms with Crippen molar-refractivity contribution >= 4 is 39.2 Å². The SMILES string of the molecule is Cc1ccc(C=NNC(=O)c2ccc(NS(=O)(=O)c3cccs3)cc2)o1. The molecule has 1 amide bonds. The number of amides is 1. The molecule has 0 fully saturated rings. The lowest BCUT2D eigenvalue weighted by Crippen LogP contribution is -2.17. The molecule has 0 radical (unpaired) electrons. The van der Waals surface area contributed by atoms with Gasteiger partial charge in [-0.3, -0.25) is 9.52 Å². The summed E-state index contributed by atoms with van der Waals surface area (Å²) in [5.41, 5.74) is 3.09. The highest BCUT2D eigenvalue weighted by Gasteiger charge is 2.15. The highest BCUT2D eigenvalue weighted by atomic mass is 32.2.